The highest BCUT2D eigenvalue weighted by atomic mass is 14.3. The fourth-order valence-electron chi connectivity index (χ4n) is 1.19. The van der Waals surface area contributed by atoms with E-state index in [0.29, 0.717) is 0 Å². The lowest BCUT2D eigenvalue weighted by Gasteiger charge is -1.91. The molecule has 0 atom stereocenters. The topological polar surface area (TPSA) is 23.9 Å². The van der Waals surface area contributed by atoms with Crippen molar-refractivity contribution in [1.29, 1.82) is 5.41 Å². The lowest BCUT2D eigenvalue weighted by molar-refractivity contribution is 1.40. The van der Waals surface area contributed by atoms with Gasteiger partial charge in [-0.25, -0.2) is 0 Å². The molecule has 0 amide bonds. The van der Waals surface area contributed by atoms with Crippen LogP contribution in [-0.2, 0) is 0 Å². The molecule has 1 nitrogen and oxygen atoms in total. The molecule has 0 aliphatic carbocycles. The number of hydrogen-bond acceptors (Lipinski definition) is 1. The van der Waals surface area contributed by atoms with E-state index in [1.165, 1.54) is 17.0 Å². The van der Waals surface area contributed by atoms with Crippen molar-refractivity contribution in [2.24, 2.45) is 0 Å². The monoisotopic (exact) mass is 159 g/mol. The summed E-state index contributed by atoms with van der Waals surface area (Å²) < 4.78 is 0. The van der Waals surface area contributed by atoms with Gasteiger partial charge in [-0.3, -0.25) is 0 Å². The van der Waals surface area contributed by atoms with Crippen molar-refractivity contribution in [2.75, 3.05) is 0 Å². The van der Waals surface area contributed by atoms with E-state index in [-0.39, 0.29) is 0 Å². The van der Waals surface area contributed by atoms with Gasteiger partial charge < -0.3 is 5.41 Å². The van der Waals surface area contributed by atoms with Crippen molar-refractivity contribution >= 4 is 18.4 Å². The van der Waals surface area contributed by atoms with Gasteiger partial charge >= 0.3 is 0 Å². The second kappa shape index (κ2) is 3.86. The number of aryl methyl sites for hydroxylation is 1. The second-order valence-electron chi connectivity index (χ2n) is 2.75. The SMILES string of the molecule is C/C=c1/ccc(C)c/c1=C/C=N. The summed E-state index contributed by atoms with van der Waals surface area (Å²) in [5.41, 5.74) is 1.23. The van der Waals surface area contributed by atoms with Gasteiger partial charge in [0.15, 0.2) is 0 Å². The van der Waals surface area contributed by atoms with Crippen LogP contribution in [0.1, 0.15) is 12.5 Å². The van der Waals surface area contributed by atoms with E-state index < -0.39 is 0 Å². The van der Waals surface area contributed by atoms with Crippen LogP contribution in [0.3, 0.4) is 0 Å². The third kappa shape index (κ3) is 1.82. The van der Waals surface area contributed by atoms with Gasteiger partial charge in [0.25, 0.3) is 0 Å². The fraction of sp³-hybridized carbons (Fsp3) is 0.182. The normalized spacial score (nSPS) is 13.5. The Morgan fingerprint density at radius 2 is 2.00 bits per heavy atom. The Bertz CT molecular complexity index is 388. The van der Waals surface area contributed by atoms with E-state index in [2.05, 4.69) is 31.2 Å². The highest BCUT2D eigenvalue weighted by Gasteiger charge is 1.84. The summed E-state index contributed by atoms with van der Waals surface area (Å²) in [6, 6.07) is 6.24. The lowest BCUT2D eigenvalue weighted by atomic mass is 10.1. The Morgan fingerprint density at radius 3 is 2.58 bits per heavy atom. The van der Waals surface area contributed by atoms with Gasteiger partial charge in [0.2, 0.25) is 0 Å². The summed E-state index contributed by atoms with van der Waals surface area (Å²) in [5.74, 6) is 0. The average molecular weight is 159 g/mol. The van der Waals surface area contributed by atoms with Crippen LogP contribution in [0.2, 0.25) is 0 Å². The summed E-state index contributed by atoms with van der Waals surface area (Å²) in [4.78, 5) is 0. The molecule has 0 spiro atoms. The molecule has 0 saturated carbocycles. The zero-order valence-electron chi connectivity index (χ0n) is 7.46. The molecule has 0 aromatic heterocycles. The first-order valence-electron chi connectivity index (χ1n) is 4.01. The summed E-state index contributed by atoms with van der Waals surface area (Å²) >= 11 is 0. The second-order valence-corrected chi connectivity index (χ2v) is 2.75. The fourth-order valence-corrected chi connectivity index (χ4v) is 1.19. The zero-order chi connectivity index (χ0) is 8.97. The molecule has 0 saturated heterocycles. The van der Waals surface area contributed by atoms with Crippen LogP contribution in [0.25, 0.3) is 12.2 Å². The summed E-state index contributed by atoms with van der Waals surface area (Å²) in [7, 11) is 0. The maximum atomic E-state index is 6.99. The summed E-state index contributed by atoms with van der Waals surface area (Å²) in [5, 5.41) is 9.29. The Balaban J connectivity index is 3.53. The van der Waals surface area contributed by atoms with Gasteiger partial charge in [0.05, 0.1) is 0 Å². The molecule has 0 bridgehead atoms. The average Bonchev–Trinajstić information content (AvgIpc) is 2.05. The summed E-state index contributed by atoms with van der Waals surface area (Å²) in [6.45, 7) is 4.06. The van der Waals surface area contributed by atoms with Gasteiger partial charge in [-0.1, -0.05) is 29.8 Å². The number of benzene rings is 1. The molecule has 1 heteroatoms. The number of hydrogen-bond donors (Lipinski definition) is 1. The van der Waals surface area contributed by atoms with Crippen molar-refractivity contribution in [3.05, 3.63) is 34.2 Å². The molecule has 0 aliphatic heterocycles. The third-order valence-electron chi connectivity index (χ3n) is 1.82. The third-order valence-corrected chi connectivity index (χ3v) is 1.82. The molecule has 0 fully saturated rings. The molecule has 0 heterocycles. The van der Waals surface area contributed by atoms with Crippen LogP contribution in [0, 0.1) is 12.3 Å². The molecule has 1 aromatic rings. The minimum Gasteiger partial charge on any atom is -0.309 e. The molecule has 62 valence electrons. The predicted octanol–water partition coefficient (Wildman–Crippen LogP) is 1.23. The molecular formula is C11H13N. The van der Waals surface area contributed by atoms with Crippen LogP contribution in [0.15, 0.2) is 18.2 Å². The Labute approximate surface area is 72.6 Å². The number of nitrogens with one attached hydrogen (secondary N) is 1. The van der Waals surface area contributed by atoms with Crippen molar-refractivity contribution in [2.45, 2.75) is 13.8 Å². The standard InChI is InChI=1S/C11H13N/c1-3-10-5-4-9(2)8-11(10)6-7-12/h3-8,12H,1-2H3/b10-3-,11-6-,12-7?. The quantitative estimate of drug-likeness (QED) is 0.596. The maximum absolute atomic E-state index is 6.99. The van der Waals surface area contributed by atoms with Crippen LogP contribution in [0.5, 0.6) is 0 Å². The molecule has 1 rings (SSSR count). The van der Waals surface area contributed by atoms with Crippen LogP contribution < -0.4 is 10.4 Å². The Hall–Kier alpha value is -1.37. The van der Waals surface area contributed by atoms with Crippen molar-refractivity contribution in [1.82, 2.24) is 0 Å². The van der Waals surface area contributed by atoms with Crippen LogP contribution in [-0.4, -0.2) is 6.21 Å². The molecule has 1 N–H and O–H groups in total. The lowest BCUT2D eigenvalue weighted by Crippen LogP contribution is -2.24. The molecule has 0 aliphatic rings. The highest BCUT2D eigenvalue weighted by Crippen LogP contribution is 1.85. The van der Waals surface area contributed by atoms with Gasteiger partial charge in [-0.15, -0.1) is 0 Å². The molecule has 12 heavy (non-hydrogen) atoms. The Kier molecular flexibility index (Phi) is 2.81. The van der Waals surface area contributed by atoms with Crippen LogP contribution in [0.4, 0.5) is 0 Å². The van der Waals surface area contributed by atoms with Crippen molar-refractivity contribution in [3.63, 3.8) is 0 Å². The molecular weight excluding hydrogens is 146 g/mol. The molecule has 0 radical (unpaired) electrons. The zero-order valence-corrected chi connectivity index (χ0v) is 7.46. The first kappa shape index (κ1) is 8.72. The smallest absolute Gasteiger partial charge is 0.0183 e. The van der Waals surface area contributed by atoms with Gasteiger partial charge in [0.1, 0.15) is 0 Å². The largest absolute Gasteiger partial charge is 0.309 e. The van der Waals surface area contributed by atoms with Crippen molar-refractivity contribution in [3.8, 4) is 0 Å². The minimum absolute atomic E-state index is 1.12. The van der Waals surface area contributed by atoms with Gasteiger partial charge in [-0.05, 0) is 30.4 Å². The first-order chi connectivity index (χ1) is 5.77. The van der Waals surface area contributed by atoms with E-state index in [0.717, 1.165) is 5.22 Å². The van der Waals surface area contributed by atoms with E-state index in [1.807, 2.05) is 13.0 Å². The van der Waals surface area contributed by atoms with E-state index in [9.17, 15) is 0 Å². The van der Waals surface area contributed by atoms with E-state index >= 15 is 0 Å². The maximum Gasteiger partial charge on any atom is 0.0183 e. The van der Waals surface area contributed by atoms with Crippen LogP contribution >= 0.6 is 0 Å². The van der Waals surface area contributed by atoms with E-state index in [4.69, 9.17) is 5.41 Å². The minimum atomic E-state index is 1.12. The van der Waals surface area contributed by atoms with Gasteiger partial charge in [0, 0.05) is 6.21 Å². The van der Waals surface area contributed by atoms with E-state index in [1.54, 1.807) is 0 Å². The highest BCUT2D eigenvalue weighted by molar-refractivity contribution is 5.88. The predicted molar refractivity (Wildman–Crippen MR) is 53.8 cm³/mol. The molecule has 1 aromatic carbocycles. The first-order valence-corrected chi connectivity index (χ1v) is 4.01. The Morgan fingerprint density at radius 1 is 1.25 bits per heavy atom. The van der Waals surface area contributed by atoms with Crippen molar-refractivity contribution < 1.29 is 0 Å². The van der Waals surface area contributed by atoms with Gasteiger partial charge in [-0.2, -0.15) is 0 Å². The molecule has 0 unspecified atom stereocenters. The number of rotatable bonds is 1. The summed E-state index contributed by atoms with van der Waals surface area (Å²) in [6.07, 6.45) is 5.18.